The van der Waals surface area contributed by atoms with Crippen molar-refractivity contribution in [2.75, 3.05) is 5.32 Å². The van der Waals surface area contributed by atoms with Crippen LogP contribution < -0.4 is 11.1 Å². The largest absolute Gasteiger partial charge is 0.398 e. The Bertz CT molecular complexity index is 693. The number of anilines is 1. The standard InChI is InChI=1S/C15H11ClN2O/c16-10-6-7-11-12(8-10)18-15(19)13(11)14(17)9-4-2-1-3-5-9/h1-8H,17H2,(H,18,19). The van der Waals surface area contributed by atoms with E-state index in [-0.39, 0.29) is 5.91 Å². The number of amides is 1. The Morgan fingerprint density at radius 2 is 1.84 bits per heavy atom. The Kier molecular flexibility index (Phi) is 2.76. The second-order valence-electron chi connectivity index (χ2n) is 4.30. The average Bonchev–Trinajstić information content (AvgIpc) is 2.74. The molecule has 2 aromatic carbocycles. The van der Waals surface area contributed by atoms with Gasteiger partial charge in [0.1, 0.15) is 0 Å². The molecule has 0 spiro atoms. The first-order valence-electron chi connectivity index (χ1n) is 5.83. The molecular formula is C15H11ClN2O. The highest BCUT2D eigenvalue weighted by atomic mass is 35.5. The van der Waals surface area contributed by atoms with E-state index in [0.29, 0.717) is 22.0 Å². The highest BCUT2D eigenvalue weighted by Gasteiger charge is 2.27. The zero-order valence-corrected chi connectivity index (χ0v) is 10.7. The lowest BCUT2D eigenvalue weighted by Crippen LogP contribution is -2.09. The predicted octanol–water partition coefficient (Wildman–Crippen LogP) is 3.12. The molecule has 3 rings (SSSR count). The summed E-state index contributed by atoms with van der Waals surface area (Å²) in [5.41, 5.74) is 9.42. The van der Waals surface area contributed by atoms with E-state index < -0.39 is 0 Å². The first-order valence-corrected chi connectivity index (χ1v) is 6.21. The van der Waals surface area contributed by atoms with Crippen LogP contribution in [0.15, 0.2) is 48.5 Å². The van der Waals surface area contributed by atoms with Crippen LogP contribution >= 0.6 is 11.6 Å². The van der Waals surface area contributed by atoms with Gasteiger partial charge in [0.25, 0.3) is 5.91 Å². The smallest absolute Gasteiger partial charge is 0.258 e. The number of halogens is 1. The lowest BCUT2D eigenvalue weighted by atomic mass is 10.0. The van der Waals surface area contributed by atoms with Crippen molar-refractivity contribution in [3.05, 3.63) is 64.7 Å². The monoisotopic (exact) mass is 270 g/mol. The van der Waals surface area contributed by atoms with Crippen LogP contribution in [0, 0.1) is 0 Å². The van der Waals surface area contributed by atoms with E-state index >= 15 is 0 Å². The maximum atomic E-state index is 12.1. The molecule has 1 aliphatic heterocycles. The molecule has 1 amide bonds. The zero-order chi connectivity index (χ0) is 13.4. The van der Waals surface area contributed by atoms with E-state index in [4.69, 9.17) is 17.3 Å². The summed E-state index contributed by atoms with van der Waals surface area (Å²) in [6.07, 6.45) is 0. The maximum Gasteiger partial charge on any atom is 0.258 e. The molecule has 0 atom stereocenters. The van der Waals surface area contributed by atoms with E-state index in [1.807, 2.05) is 30.3 Å². The molecule has 1 heterocycles. The first-order chi connectivity index (χ1) is 9.16. The highest BCUT2D eigenvalue weighted by Crippen LogP contribution is 2.36. The first kappa shape index (κ1) is 11.8. The Hall–Kier alpha value is -2.26. The lowest BCUT2D eigenvalue weighted by Gasteiger charge is -2.05. The minimum absolute atomic E-state index is 0.196. The van der Waals surface area contributed by atoms with Gasteiger partial charge in [-0.15, -0.1) is 0 Å². The van der Waals surface area contributed by atoms with Crippen LogP contribution in [0.5, 0.6) is 0 Å². The molecule has 4 heteroatoms. The van der Waals surface area contributed by atoms with Crippen molar-refractivity contribution in [1.29, 1.82) is 0 Å². The normalized spacial score (nSPS) is 15.9. The number of benzene rings is 2. The van der Waals surface area contributed by atoms with Crippen LogP contribution in [0.3, 0.4) is 0 Å². The molecular weight excluding hydrogens is 260 g/mol. The molecule has 0 saturated carbocycles. The molecule has 2 aromatic rings. The SMILES string of the molecule is NC(=C1C(=O)Nc2cc(Cl)ccc21)c1ccccc1. The minimum Gasteiger partial charge on any atom is -0.398 e. The number of carbonyl (C=O) groups is 1. The summed E-state index contributed by atoms with van der Waals surface area (Å²) in [6, 6.07) is 14.7. The number of nitrogens with one attached hydrogen (secondary N) is 1. The molecule has 0 saturated heterocycles. The number of nitrogens with two attached hydrogens (primary N) is 1. The molecule has 1 aliphatic rings. The summed E-state index contributed by atoms with van der Waals surface area (Å²) in [4.78, 5) is 12.1. The number of carbonyl (C=O) groups excluding carboxylic acids is 1. The van der Waals surface area contributed by atoms with E-state index in [2.05, 4.69) is 5.32 Å². The van der Waals surface area contributed by atoms with Crippen LogP contribution in [0.25, 0.3) is 11.3 Å². The molecule has 19 heavy (non-hydrogen) atoms. The van der Waals surface area contributed by atoms with Gasteiger partial charge < -0.3 is 11.1 Å². The van der Waals surface area contributed by atoms with Gasteiger partial charge in [-0.05, 0) is 17.7 Å². The van der Waals surface area contributed by atoms with Gasteiger partial charge >= 0.3 is 0 Å². The molecule has 3 nitrogen and oxygen atoms in total. The predicted molar refractivity (Wildman–Crippen MR) is 77.5 cm³/mol. The van der Waals surface area contributed by atoms with E-state index in [0.717, 1.165) is 11.1 Å². The van der Waals surface area contributed by atoms with Crippen molar-refractivity contribution < 1.29 is 4.79 Å². The fraction of sp³-hybridized carbons (Fsp3) is 0. The Balaban J connectivity index is 2.19. The van der Waals surface area contributed by atoms with Gasteiger partial charge in [-0.25, -0.2) is 0 Å². The van der Waals surface area contributed by atoms with E-state index in [1.165, 1.54) is 0 Å². The van der Waals surface area contributed by atoms with Crippen molar-refractivity contribution in [2.45, 2.75) is 0 Å². The molecule has 3 N–H and O–H groups in total. The van der Waals surface area contributed by atoms with Gasteiger partial charge in [0.2, 0.25) is 0 Å². The molecule has 0 bridgehead atoms. The summed E-state index contributed by atoms with van der Waals surface area (Å²) in [7, 11) is 0. The summed E-state index contributed by atoms with van der Waals surface area (Å²) in [5, 5.41) is 3.36. The highest BCUT2D eigenvalue weighted by molar-refractivity contribution is 6.37. The van der Waals surface area contributed by atoms with Crippen molar-refractivity contribution in [2.24, 2.45) is 5.73 Å². The molecule has 0 unspecified atom stereocenters. The molecule has 0 fully saturated rings. The maximum absolute atomic E-state index is 12.1. The Labute approximate surface area is 115 Å². The molecule has 0 aromatic heterocycles. The van der Waals surface area contributed by atoms with Crippen molar-refractivity contribution in [1.82, 2.24) is 0 Å². The van der Waals surface area contributed by atoms with Crippen LogP contribution in [0.1, 0.15) is 11.1 Å². The van der Waals surface area contributed by atoms with Crippen molar-refractivity contribution in [3.63, 3.8) is 0 Å². The second-order valence-corrected chi connectivity index (χ2v) is 4.74. The van der Waals surface area contributed by atoms with Crippen LogP contribution in [0.4, 0.5) is 5.69 Å². The van der Waals surface area contributed by atoms with E-state index in [9.17, 15) is 4.79 Å². The van der Waals surface area contributed by atoms with Gasteiger partial charge in [0.15, 0.2) is 0 Å². The lowest BCUT2D eigenvalue weighted by molar-refractivity contribution is -0.110. The minimum atomic E-state index is -0.196. The molecule has 0 aliphatic carbocycles. The second kappa shape index (κ2) is 4.44. The fourth-order valence-electron chi connectivity index (χ4n) is 2.17. The van der Waals surface area contributed by atoms with Crippen LogP contribution in [-0.2, 0) is 4.79 Å². The number of hydrogen-bond donors (Lipinski definition) is 2. The van der Waals surface area contributed by atoms with Crippen molar-refractivity contribution >= 4 is 34.5 Å². The van der Waals surface area contributed by atoms with Gasteiger partial charge in [0, 0.05) is 10.6 Å². The van der Waals surface area contributed by atoms with Crippen LogP contribution in [0.2, 0.25) is 5.02 Å². The summed E-state index contributed by atoms with van der Waals surface area (Å²) in [6.45, 7) is 0. The summed E-state index contributed by atoms with van der Waals surface area (Å²) < 4.78 is 0. The quantitative estimate of drug-likeness (QED) is 0.782. The van der Waals surface area contributed by atoms with Gasteiger partial charge in [-0.3, -0.25) is 4.79 Å². The number of hydrogen-bond acceptors (Lipinski definition) is 2. The van der Waals surface area contributed by atoms with Crippen LogP contribution in [-0.4, -0.2) is 5.91 Å². The van der Waals surface area contributed by atoms with Gasteiger partial charge in [-0.1, -0.05) is 48.0 Å². The Morgan fingerprint density at radius 1 is 1.11 bits per heavy atom. The number of fused-ring (bicyclic) bond motifs is 1. The average molecular weight is 271 g/mol. The topological polar surface area (TPSA) is 55.1 Å². The summed E-state index contributed by atoms with van der Waals surface area (Å²) in [5.74, 6) is -0.196. The van der Waals surface area contributed by atoms with E-state index in [1.54, 1.807) is 18.2 Å². The molecule has 94 valence electrons. The zero-order valence-electron chi connectivity index (χ0n) is 9.98. The van der Waals surface area contributed by atoms with Crippen molar-refractivity contribution in [3.8, 4) is 0 Å². The third-order valence-corrected chi connectivity index (χ3v) is 3.32. The fourth-order valence-corrected chi connectivity index (χ4v) is 2.35. The third kappa shape index (κ3) is 1.98. The van der Waals surface area contributed by atoms with Gasteiger partial charge in [0.05, 0.1) is 17.0 Å². The third-order valence-electron chi connectivity index (χ3n) is 3.08. The molecule has 0 radical (unpaired) electrons. The Morgan fingerprint density at radius 3 is 2.58 bits per heavy atom. The van der Waals surface area contributed by atoms with Gasteiger partial charge in [-0.2, -0.15) is 0 Å². The summed E-state index contributed by atoms with van der Waals surface area (Å²) >= 11 is 5.92. The number of rotatable bonds is 1.